The molecule has 0 aromatic heterocycles. The maximum Gasteiger partial charge on any atom is 0.343 e. The fourth-order valence-corrected chi connectivity index (χ4v) is 6.48. The zero-order valence-electron chi connectivity index (χ0n) is 23.5. The van der Waals surface area contributed by atoms with E-state index < -0.39 is 57.7 Å². The number of ether oxygens (including phenoxy) is 1. The summed E-state index contributed by atoms with van der Waals surface area (Å²) >= 11 is 7.03. The quantitative estimate of drug-likeness (QED) is 0.0554. The van der Waals surface area contributed by atoms with Crippen LogP contribution in [0.4, 0.5) is 11.4 Å². The summed E-state index contributed by atoms with van der Waals surface area (Å²) in [5.74, 6) is -4.96. The molecule has 46 heavy (non-hydrogen) atoms. The number of amides is 3. The van der Waals surface area contributed by atoms with Gasteiger partial charge in [0.15, 0.2) is 5.78 Å². The van der Waals surface area contributed by atoms with Gasteiger partial charge in [0.25, 0.3) is 29.1 Å². The van der Waals surface area contributed by atoms with Crippen LogP contribution in [-0.4, -0.2) is 65.5 Å². The van der Waals surface area contributed by atoms with Crippen molar-refractivity contribution in [3.63, 3.8) is 0 Å². The Morgan fingerprint density at radius 1 is 0.739 bits per heavy atom. The Morgan fingerprint density at radius 3 is 1.63 bits per heavy atom. The van der Waals surface area contributed by atoms with Crippen LogP contribution in [0.5, 0.6) is 5.75 Å². The normalized spacial score (nSPS) is 20.5. The lowest BCUT2D eigenvalue weighted by Crippen LogP contribution is -2.52. The summed E-state index contributed by atoms with van der Waals surface area (Å²) in [7, 11) is 0. The van der Waals surface area contributed by atoms with Crippen molar-refractivity contribution in [2.75, 3.05) is 6.54 Å². The predicted molar refractivity (Wildman–Crippen MR) is 166 cm³/mol. The number of carbonyl (C=O) groups is 5. The van der Waals surface area contributed by atoms with Crippen molar-refractivity contribution in [3.8, 4) is 5.75 Å². The number of ketones is 1. The summed E-state index contributed by atoms with van der Waals surface area (Å²) in [6, 6.07) is 14.6. The lowest BCUT2D eigenvalue weighted by molar-refractivity contribution is -0.385. The molecule has 1 heterocycles. The molecule has 16 heteroatoms. The average Bonchev–Trinajstić information content (AvgIpc) is 3.27. The van der Waals surface area contributed by atoms with E-state index in [4.69, 9.17) is 4.74 Å². The highest BCUT2D eigenvalue weighted by atomic mass is 79.9. The monoisotopic (exact) mass is 756 g/mol. The molecular weight excluding hydrogens is 736 g/mol. The van der Waals surface area contributed by atoms with Gasteiger partial charge in [0, 0.05) is 45.0 Å². The molecule has 4 atom stereocenters. The van der Waals surface area contributed by atoms with E-state index in [9.17, 15) is 44.2 Å². The van der Waals surface area contributed by atoms with Crippen LogP contribution in [0.3, 0.4) is 0 Å². The Kier molecular flexibility index (Phi) is 9.39. The Labute approximate surface area is 276 Å². The van der Waals surface area contributed by atoms with E-state index in [0.29, 0.717) is 17.9 Å². The minimum Gasteiger partial charge on any atom is -0.423 e. The third kappa shape index (κ3) is 6.57. The zero-order chi connectivity index (χ0) is 33.3. The topological polar surface area (TPSA) is 187 Å². The largest absolute Gasteiger partial charge is 0.423 e. The first-order valence-corrected chi connectivity index (χ1v) is 15.5. The van der Waals surface area contributed by atoms with Gasteiger partial charge in [-0.2, -0.15) is 5.01 Å². The van der Waals surface area contributed by atoms with Gasteiger partial charge in [-0.05, 0) is 61.4 Å². The molecule has 14 nitrogen and oxygen atoms in total. The molecule has 0 spiro atoms. The maximum absolute atomic E-state index is 13.7. The molecule has 0 radical (unpaired) electrons. The maximum atomic E-state index is 13.7. The lowest BCUT2D eigenvalue weighted by atomic mass is 9.81. The number of rotatable bonds is 9. The fourth-order valence-electron chi connectivity index (χ4n) is 5.25. The molecule has 1 aliphatic carbocycles. The minimum atomic E-state index is -0.886. The van der Waals surface area contributed by atoms with Crippen molar-refractivity contribution < 1.29 is 38.6 Å². The van der Waals surface area contributed by atoms with Gasteiger partial charge in [0.1, 0.15) is 12.3 Å². The number of nitrogens with zero attached hydrogens (tertiary/aromatic N) is 4. The van der Waals surface area contributed by atoms with E-state index in [1.54, 1.807) is 0 Å². The number of hydrogen-bond donors (Lipinski definition) is 0. The molecule has 1 aliphatic heterocycles. The number of Topliss-reactive ketones (excluding diaryl/α,β-unsaturated/α-hetero) is 1. The molecule has 0 N–H and O–H groups in total. The molecule has 236 valence electrons. The highest BCUT2D eigenvalue weighted by Crippen LogP contribution is 2.43. The molecule has 2 fully saturated rings. The van der Waals surface area contributed by atoms with Crippen molar-refractivity contribution in [2.45, 2.75) is 22.5 Å². The van der Waals surface area contributed by atoms with Crippen molar-refractivity contribution in [2.24, 2.45) is 11.8 Å². The van der Waals surface area contributed by atoms with Gasteiger partial charge in [-0.25, -0.2) is 9.80 Å². The second-order valence-corrected chi connectivity index (χ2v) is 12.9. The summed E-state index contributed by atoms with van der Waals surface area (Å²) in [4.78, 5) is 87.2. The van der Waals surface area contributed by atoms with Crippen LogP contribution in [0.2, 0.25) is 0 Å². The third-order valence-electron chi connectivity index (χ3n) is 7.68. The Bertz CT molecular complexity index is 1720. The Balaban J connectivity index is 1.37. The second-order valence-electron chi connectivity index (χ2n) is 10.5. The van der Waals surface area contributed by atoms with E-state index in [1.165, 1.54) is 48.5 Å². The number of hydrazine groups is 1. The van der Waals surface area contributed by atoms with Gasteiger partial charge in [0.05, 0.1) is 27.2 Å². The first kappa shape index (κ1) is 32.6. The summed E-state index contributed by atoms with van der Waals surface area (Å²) < 4.78 is 5.28. The van der Waals surface area contributed by atoms with Crippen molar-refractivity contribution in [1.82, 2.24) is 10.0 Å². The van der Waals surface area contributed by atoms with Gasteiger partial charge >= 0.3 is 5.97 Å². The van der Waals surface area contributed by atoms with E-state index >= 15 is 0 Å². The number of nitro groups is 2. The van der Waals surface area contributed by atoms with Crippen molar-refractivity contribution in [3.05, 3.63) is 110 Å². The number of non-ortho nitro benzene ring substituents is 2. The predicted octanol–water partition coefficient (Wildman–Crippen LogP) is 4.88. The first-order chi connectivity index (χ1) is 21.8. The second kappa shape index (κ2) is 13.3. The molecular formula is C30H22Br2N4O10. The average molecular weight is 758 g/mol. The molecule has 1 saturated heterocycles. The molecule has 0 bridgehead atoms. The Hall–Kier alpha value is -4.83. The number of hydrogen-bond acceptors (Lipinski definition) is 10. The van der Waals surface area contributed by atoms with Crippen LogP contribution in [0.1, 0.15) is 43.9 Å². The van der Waals surface area contributed by atoms with Crippen LogP contribution >= 0.6 is 31.9 Å². The number of halogens is 2. The van der Waals surface area contributed by atoms with E-state index in [-0.39, 0.29) is 43.5 Å². The molecule has 0 unspecified atom stereocenters. The molecule has 2 aliphatic rings. The number of imide groups is 1. The Morgan fingerprint density at radius 2 is 1.17 bits per heavy atom. The minimum absolute atomic E-state index is 0.0568. The standard InChI is InChI=1S/C30H22Br2N4O10/c31-24-13-22-23(14-25(24)32)29(40)34(28(22)39)33(27(38)17-1-7-19(8-2-17)35(42)43)15-26(37)16-5-11-21(12-6-16)46-30(41)18-3-9-20(10-4-18)36(44)45/h1-12,22-25H,13-15H2/t22-,23-,24+,25+/m1/s1. The van der Waals surface area contributed by atoms with Crippen molar-refractivity contribution in [1.29, 1.82) is 0 Å². The molecule has 3 amide bonds. The van der Waals surface area contributed by atoms with Crippen LogP contribution in [0.15, 0.2) is 72.8 Å². The fraction of sp³-hybridized carbons (Fsp3) is 0.233. The summed E-state index contributed by atoms with van der Waals surface area (Å²) in [5, 5.41) is 23.4. The number of carbonyl (C=O) groups excluding carboxylic acids is 5. The van der Waals surface area contributed by atoms with E-state index in [2.05, 4.69) is 31.9 Å². The number of benzene rings is 3. The summed E-state index contributed by atoms with van der Waals surface area (Å²) in [6.45, 7) is -0.718. The van der Waals surface area contributed by atoms with Crippen molar-refractivity contribution >= 4 is 72.7 Å². The molecule has 5 rings (SSSR count). The van der Waals surface area contributed by atoms with Crippen LogP contribution in [-0.2, 0) is 9.59 Å². The van der Waals surface area contributed by atoms with Crippen LogP contribution in [0, 0.1) is 32.1 Å². The van der Waals surface area contributed by atoms with Gasteiger partial charge in [-0.15, -0.1) is 0 Å². The van der Waals surface area contributed by atoms with E-state index in [1.807, 2.05) is 0 Å². The highest BCUT2D eigenvalue weighted by molar-refractivity contribution is 9.12. The third-order valence-corrected chi connectivity index (χ3v) is 10.4. The van der Waals surface area contributed by atoms with Gasteiger partial charge in [-0.3, -0.25) is 39.4 Å². The van der Waals surface area contributed by atoms with Gasteiger partial charge < -0.3 is 4.74 Å². The number of fused-ring (bicyclic) bond motifs is 1. The highest BCUT2D eigenvalue weighted by Gasteiger charge is 2.54. The molecule has 1 saturated carbocycles. The van der Waals surface area contributed by atoms with E-state index in [0.717, 1.165) is 29.3 Å². The number of nitro benzene ring substituents is 2. The number of alkyl halides is 2. The number of esters is 1. The molecule has 3 aromatic rings. The first-order valence-electron chi connectivity index (χ1n) is 13.7. The van der Waals surface area contributed by atoms with Gasteiger partial charge in [-0.1, -0.05) is 31.9 Å². The van der Waals surface area contributed by atoms with Crippen LogP contribution in [0.25, 0.3) is 0 Å². The molecule has 3 aromatic carbocycles. The summed E-state index contributed by atoms with van der Waals surface area (Å²) in [6.07, 6.45) is 0.657. The zero-order valence-corrected chi connectivity index (χ0v) is 26.7. The summed E-state index contributed by atoms with van der Waals surface area (Å²) in [5.41, 5.74) is -0.437. The lowest BCUT2D eigenvalue weighted by Gasteiger charge is -2.30. The SMILES string of the molecule is O=C(CN(C(=O)c1ccc([N+](=O)[O-])cc1)N1C(=O)[C@@H]2C[C@H](Br)[C@@H](Br)C[C@H]2C1=O)c1ccc(OC(=O)c2ccc([N+](=O)[O-])cc2)cc1. The smallest absolute Gasteiger partial charge is 0.343 e. The van der Waals surface area contributed by atoms with Gasteiger partial charge in [0.2, 0.25) is 0 Å². The van der Waals surface area contributed by atoms with Crippen LogP contribution < -0.4 is 4.74 Å².